The average molecular weight is 252 g/mol. The van der Waals surface area contributed by atoms with E-state index in [0.717, 1.165) is 32.2 Å². The zero-order valence-electron chi connectivity index (χ0n) is 11.4. The third-order valence-corrected chi connectivity index (χ3v) is 3.54. The summed E-state index contributed by atoms with van der Waals surface area (Å²) in [7, 11) is 3.80. The first-order valence-corrected chi connectivity index (χ1v) is 6.76. The Hall–Kier alpha value is -1.07. The molecule has 0 bridgehead atoms. The minimum atomic E-state index is 0.553. The van der Waals surface area contributed by atoms with Crippen LogP contribution in [0.2, 0.25) is 0 Å². The lowest BCUT2D eigenvalue weighted by Gasteiger charge is -2.36. The summed E-state index contributed by atoms with van der Waals surface area (Å²) in [5, 5.41) is 3.46. The molecule has 0 spiro atoms. The molecule has 1 unspecified atom stereocenters. The summed E-state index contributed by atoms with van der Waals surface area (Å²) < 4.78 is 7.16. The molecule has 1 aliphatic rings. The minimum Gasteiger partial charge on any atom is -0.383 e. The molecule has 0 amide bonds. The van der Waals surface area contributed by atoms with Crippen LogP contribution in [0.1, 0.15) is 19.3 Å². The van der Waals surface area contributed by atoms with Crippen LogP contribution in [0, 0.1) is 0 Å². The summed E-state index contributed by atoms with van der Waals surface area (Å²) in [6.07, 6.45) is 7.71. The maximum atomic E-state index is 5.06. The Morgan fingerprint density at radius 3 is 3.11 bits per heavy atom. The van der Waals surface area contributed by atoms with Crippen LogP contribution in [0.3, 0.4) is 0 Å². The van der Waals surface area contributed by atoms with Crippen molar-refractivity contribution in [3.8, 4) is 0 Å². The van der Waals surface area contributed by atoms with E-state index in [4.69, 9.17) is 4.74 Å². The van der Waals surface area contributed by atoms with Crippen molar-refractivity contribution in [3.63, 3.8) is 0 Å². The number of imidazole rings is 1. The Labute approximate surface area is 109 Å². The molecule has 0 saturated carbocycles. The SMILES string of the molecule is COCCNCC1CCCCN1c1nccn1C. The highest BCUT2D eigenvalue weighted by molar-refractivity contribution is 5.33. The van der Waals surface area contributed by atoms with Gasteiger partial charge in [0.05, 0.1) is 6.61 Å². The van der Waals surface area contributed by atoms with Crippen molar-refractivity contribution in [2.24, 2.45) is 7.05 Å². The summed E-state index contributed by atoms with van der Waals surface area (Å²) in [6, 6.07) is 0.553. The maximum Gasteiger partial charge on any atom is 0.205 e. The number of hydrogen-bond acceptors (Lipinski definition) is 4. The Morgan fingerprint density at radius 2 is 2.39 bits per heavy atom. The summed E-state index contributed by atoms with van der Waals surface area (Å²) in [5.41, 5.74) is 0. The van der Waals surface area contributed by atoms with Crippen LogP contribution in [0.4, 0.5) is 5.95 Å². The van der Waals surface area contributed by atoms with Crippen LogP contribution in [0.25, 0.3) is 0 Å². The molecule has 1 N–H and O–H groups in total. The number of methoxy groups -OCH3 is 1. The number of piperidine rings is 1. The highest BCUT2D eigenvalue weighted by atomic mass is 16.5. The maximum absolute atomic E-state index is 5.06. The van der Waals surface area contributed by atoms with Gasteiger partial charge in [-0.05, 0) is 19.3 Å². The Bertz CT molecular complexity index is 353. The van der Waals surface area contributed by atoms with Crippen molar-refractivity contribution < 1.29 is 4.74 Å². The molecular formula is C13H24N4O. The number of ether oxygens (including phenoxy) is 1. The normalized spacial score (nSPS) is 20.3. The fourth-order valence-electron chi connectivity index (χ4n) is 2.55. The smallest absolute Gasteiger partial charge is 0.205 e. The van der Waals surface area contributed by atoms with Gasteiger partial charge in [0, 0.05) is 52.2 Å². The minimum absolute atomic E-state index is 0.553. The second-order valence-corrected chi connectivity index (χ2v) is 4.88. The third-order valence-electron chi connectivity index (χ3n) is 3.54. The molecule has 5 nitrogen and oxygen atoms in total. The van der Waals surface area contributed by atoms with E-state index in [1.807, 2.05) is 12.4 Å². The van der Waals surface area contributed by atoms with Crippen LogP contribution in [0.15, 0.2) is 12.4 Å². The first-order chi connectivity index (χ1) is 8.83. The number of aryl methyl sites for hydroxylation is 1. The molecule has 1 aliphatic heterocycles. The number of nitrogens with one attached hydrogen (secondary N) is 1. The molecule has 0 radical (unpaired) electrons. The third kappa shape index (κ3) is 3.23. The molecule has 1 saturated heterocycles. The topological polar surface area (TPSA) is 42.3 Å². The highest BCUT2D eigenvalue weighted by Crippen LogP contribution is 2.22. The zero-order chi connectivity index (χ0) is 12.8. The summed E-state index contributed by atoms with van der Waals surface area (Å²) in [4.78, 5) is 6.90. The fourth-order valence-corrected chi connectivity index (χ4v) is 2.55. The van der Waals surface area contributed by atoms with Gasteiger partial charge in [-0.15, -0.1) is 0 Å². The molecular weight excluding hydrogens is 228 g/mol. The van der Waals surface area contributed by atoms with Gasteiger partial charge in [-0.3, -0.25) is 0 Å². The number of nitrogens with zero attached hydrogens (tertiary/aromatic N) is 3. The van der Waals surface area contributed by atoms with Crippen molar-refractivity contribution >= 4 is 5.95 Å². The van der Waals surface area contributed by atoms with E-state index in [-0.39, 0.29) is 0 Å². The summed E-state index contributed by atoms with van der Waals surface area (Å²) >= 11 is 0. The van der Waals surface area contributed by atoms with Crippen molar-refractivity contribution in [2.75, 3.05) is 38.3 Å². The molecule has 102 valence electrons. The largest absolute Gasteiger partial charge is 0.383 e. The van der Waals surface area contributed by atoms with Gasteiger partial charge < -0.3 is 19.5 Å². The van der Waals surface area contributed by atoms with E-state index in [0.29, 0.717) is 6.04 Å². The van der Waals surface area contributed by atoms with Gasteiger partial charge >= 0.3 is 0 Å². The average Bonchev–Trinajstić information content (AvgIpc) is 2.81. The fraction of sp³-hybridized carbons (Fsp3) is 0.769. The second-order valence-electron chi connectivity index (χ2n) is 4.88. The van der Waals surface area contributed by atoms with Crippen LogP contribution >= 0.6 is 0 Å². The van der Waals surface area contributed by atoms with Gasteiger partial charge in [0.25, 0.3) is 0 Å². The first kappa shape index (κ1) is 13.4. The van der Waals surface area contributed by atoms with Gasteiger partial charge in [-0.2, -0.15) is 0 Å². The molecule has 18 heavy (non-hydrogen) atoms. The van der Waals surface area contributed by atoms with Gasteiger partial charge in [0.15, 0.2) is 0 Å². The monoisotopic (exact) mass is 252 g/mol. The predicted octanol–water partition coefficient (Wildman–Crippen LogP) is 1.01. The van der Waals surface area contributed by atoms with Crippen LogP contribution < -0.4 is 10.2 Å². The van der Waals surface area contributed by atoms with Crippen molar-refractivity contribution in [1.82, 2.24) is 14.9 Å². The summed E-state index contributed by atoms with van der Waals surface area (Å²) in [6.45, 7) is 3.81. The van der Waals surface area contributed by atoms with E-state index < -0.39 is 0 Å². The Balaban J connectivity index is 1.92. The van der Waals surface area contributed by atoms with Crippen molar-refractivity contribution in [3.05, 3.63) is 12.4 Å². The van der Waals surface area contributed by atoms with E-state index in [1.165, 1.54) is 19.3 Å². The van der Waals surface area contributed by atoms with E-state index in [1.54, 1.807) is 7.11 Å². The Kier molecular flexibility index (Phi) is 5.01. The number of hydrogen-bond donors (Lipinski definition) is 1. The van der Waals surface area contributed by atoms with Crippen LogP contribution in [0.5, 0.6) is 0 Å². The Morgan fingerprint density at radius 1 is 1.50 bits per heavy atom. The molecule has 1 aromatic rings. The highest BCUT2D eigenvalue weighted by Gasteiger charge is 2.24. The quantitative estimate of drug-likeness (QED) is 0.768. The second kappa shape index (κ2) is 6.75. The number of anilines is 1. The van der Waals surface area contributed by atoms with Gasteiger partial charge in [-0.1, -0.05) is 0 Å². The lowest BCUT2D eigenvalue weighted by molar-refractivity contribution is 0.198. The van der Waals surface area contributed by atoms with Gasteiger partial charge in [0.1, 0.15) is 0 Å². The van der Waals surface area contributed by atoms with Crippen molar-refractivity contribution in [2.45, 2.75) is 25.3 Å². The number of aromatic nitrogens is 2. The van der Waals surface area contributed by atoms with E-state index in [9.17, 15) is 0 Å². The molecule has 2 heterocycles. The van der Waals surface area contributed by atoms with E-state index in [2.05, 4.69) is 26.8 Å². The molecule has 1 fully saturated rings. The first-order valence-electron chi connectivity index (χ1n) is 6.76. The lowest BCUT2D eigenvalue weighted by atomic mass is 10.0. The van der Waals surface area contributed by atoms with Gasteiger partial charge in [0.2, 0.25) is 5.95 Å². The number of rotatable bonds is 6. The molecule has 2 rings (SSSR count). The molecule has 1 aromatic heterocycles. The molecule has 0 aliphatic carbocycles. The van der Waals surface area contributed by atoms with Crippen LogP contribution in [-0.4, -0.2) is 48.9 Å². The van der Waals surface area contributed by atoms with Crippen LogP contribution in [-0.2, 0) is 11.8 Å². The van der Waals surface area contributed by atoms with Gasteiger partial charge in [-0.25, -0.2) is 4.98 Å². The molecule has 1 atom stereocenters. The zero-order valence-corrected chi connectivity index (χ0v) is 11.4. The van der Waals surface area contributed by atoms with E-state index >= 15 is 0 Å². The predicted molar refractivity (Wildman–Crippen MR) is 72.9 cm³/mol. The molecule has 0 aromatic carbocycles. The van der Waals surface area contributed by atoms with Crippen molar-refractivity contribution in [1.29, 1.82) is 0 Å². The standard InChI is InChI=1S/C13H24N4O/c1-16-9-6-15-13(16)17-8-4-3-5-12(17)11-14-7-10-18-2/h6,9,12,14H,3-5,7-8,10-11H2,1-2H3. The lowest BCUT2D eigenvalue weighted by Crippen LogP contribution is -2.47. The summed E-state index contributed by atoms with van der Waals surface area (Å²) in [5.74, 6) is 1.09. The molecule has 5 heteroatoms.